The van der Waals surface area contributed by atoms with E-state index >= 15 is 0 Å². The van der Waals surface area contributed by atoms with E-state index in [2.05, 4.69) is 21.4 Å². The first-order valence-corrected chi connectivity index (χ1v) is 11.4. The van der Waals surface area contributed by atoms with Crippen LogP contribution >= 0.6 is 11.3 Å². The second-order valence-electron chi connectivity index (χ2n) is 7.93. The number of hydrogen-bond acceptors (Lipinski definition) is 7. The lowest BCUT2D eigenvalue weighted by Crippen LogP contribution is -2.37. The quantitative estimate of drug-likeness (QED) is 0.465. The van der Waals surface area contributed by atoms with Crippen LogP contribution in [0.4, 0.5) is 5.13 Å². The van der Waals surface area contributed by atoms with Crippen LogP contribution in [-0.2, 0) is 31.9 Å². The average molecular weight is 467 g/mol. The maximum atomic E-state index is 12.5. The minimum absolute atomic E-state index is 0.150. The summed E-state index contributed by atoms with van der Waals surface area (Å²) in [6.45, 7) is 1.14. The molecule has 0 unspecified atom stereocenters. The number of aryl methyl sites for hydroxylation is 2. The summed E-state index contributed by atoms with van der Waals surface area (Å²) >= 11 is 1.38. The Morgan fingerprint density at radius 1 is 1.24 bits per heavy atom. The first kappa shape index (κ1) is 21.1. The van der Waals surface area contributed by atoms with Gasteiger partial charge in [-0.15, -0.1) is 11.3 Å². The number of carbonyl (C=O) groups is 1. The molecule has 4 aromatic rings. The van der Waals surface area contributed by atoms with E-state index in [-0.39, 0.29) is 12.3 Å². The maximum Gasteiger partial charge on any atom is 0.332 e. The Labute approximate surface area is 192 Å². The maximum absolute atomic E-state index is 12.5. The van der Waals surface area contributed by atoms with Gasteiger partial charge in [-0.1, -0.05) is 0 Å². The standard InChI is InChI=1S/C22H22N6O4S/c1-26-19-18(20(30)27(2)22(26)31)28(12-23-19)8-3-4-17(29)25-21-24-15(11-33-21)13-5-6-16-14(10-13)7-9-32-16/h5-6,10-12H,3-4,7-9H2,1-2H3,(H,24,25,29). The Hall–Kier alpha value is -3.73. The van der Waals surface area contributed by atoms with Crippen LogP contribution in [0.5, 0.6) is 5.75 Å². The molecular weight excluding hydrogens is 444 g/mol. The second kappa shape index (κ2) is 8.32. The van der Waals surface area contributed by atoms with Crippen LogP contribution in [0.2, 0.25) is 0 Å². The van der Waals surface area contributed by atoms with Gasteiger partial charge in [-0.05, 0) is 30.2 Å². The van der Waals surface area contributed by atoms with Crippen LogP contribution in [0.1, 0.15) is 18.4 Å². The van der Waals surface area contributed by atoms with Crippen molar-refractivity contribution < 1.29 is 9.53 Å². The first-order valence-electron chi connectivity index (χ1n) is 10.5. The lowest BCUT2D eigenvalue weighted by Gasteiger charge is -2.06. The summed E-state index contributed by atoms with van der Waals surface area (Å²) in [6.07, 6.45) is 3.19. The molecule has 0 bridgehead atoms. The molecule has 170 valence electrons. The molecule has 0 atom stereocenters. The van der Waals surface area contributed by atoms with Crippen molar-refractivity contribution in [3.8, 4) is 17.0 Å². The van der Waals surface area contributed by atoms with Crippen molar-refractivity contribution in [2.24, 2.45) is 14.1 Å². The number of thiazole rings is 1. The fraction of sp³-hybridized carbons (Fsp3) is 0.318. The van der Waals surface area contributed by atoms with E-state index in [4.69, 9.17) is 4.74 Å². The molecule has 33 heavy (non-hydrogen) atoms. The molecule has 0 aliphatic carbocycles. The summed E-state index contributed by atoms with van der Waals surface area (Å²) in [5.41, 5.74) is 2.85. The molecule has 5 rings (SSSR count). The van der Waals surface area contributed by atoms with Crippen molar-refractivity contribution in [1.82, 2.24) is 23.7 Å². The van der Waals surface area contributed by atoms with Gasteiger partial charge in [0.25, 0.3) is 5.56 Å². The summed E-state index contributed by atoms with van der Waals surface area (Å²) in [5, 5.41) is 5.31. The molecule has 0 saturated carbocycles. The van der Waals surface area contributed by atoms with Crippen molar-refractivity contribution in [3.05, 3.63) is 56.3 Å². The molecule has 0 fully saturated rings. The van der Waals surface area contributed by atoms with Gasteiger partial charge in [-0.2, -0.15) is 0 Å². The highest BCUT2D eigenvalue weighted by molar-refractivity contribution is 7.14. The largest absolute Gasteiger partial charge is 0.493 e. The molecule has 0 spiro atoms. The number of aromatic nitrogens is 5. The Balaban J connectivity index is 1.22. The molecule has 3 aromatic heterocycles. The fourth-order valence-corrected chi connectivity index (χ4v) is 4.70. The number of nitrogens with zero attached hydrogens (tertiary/aromatic N) is 5. The lowest BCUT2D eigenvalue weighted by molar-refractivity contribution is -0.116. The van der Waals surface area contributed by atoms with E-state index < -0.39 is 11.2 Å². The molecule has 0 saturated heterocycles. The van der Waals surface area contributed by atoms with Gasteiger partial charge >= 0.3 is 5.69 Å². The fourth-order valence-electron chi connectivity index (χ4n) is 3.97. The van der Waals surface area contributed by atoms with Crippen LogP contribution in [0, 0.1) is 0 Å². The molecule has 1 aliphatic rings. The van der Waals surface area contributed by atoms with Crippen molar-refractivity contribution >= 4 is 33.5 Å². The van der Waals surface area contributed by atoms with Crippen molar-refractivity contribution in [2.75, 3.05) is 11.9 Å². The smallest absolute Gasteiger partial charge is 0.332 e. The number of rotatable bonds is 6. The molecule has 4 heterocycles. The summed E-state index contributed by atoms with van der Waals surface area (Å²) in [6, 6.07) is 6.01. The van der Waals surface area contributed by atoms with Crippen molar-refractivity contribution in [2.45, 2.75) is 25.8 Å². The Morgan fingerprint density at radius 2 is 2.09 bits per heavy atom. The number of benzene rings is 1. The Bertz CT molecular complexity index is 1500. The number of fused-ring (bicyclic) bond motifs is 2. The SMILES string of the molecule is Cn1c(=O)c2c(ncn2CCCC(=O)Nc2nc(-c3ccc4c(c3)CCO4)cs2)n(C)c1=O. The molecule has 1 N–H and O–H groups in total. The van der Waals surface area contributed by atoms with Gasteiger partial charge in [0.2, 0.25) is 5.91 Å². The minimum atomic E-state index is -0.423. The van der Waals surface area contributed by atoms with E-state index in [1.54, 1.807) is 11.6 Å². The van der Waals surface area contributed by atoms with E-state index in [1.165, 1.54) is 34.8 Å². The van der Waals surface area contributed by atoms with E-state index in [0.717, 1.165) is 28.0 Å². The van der Waals surface area contributed by atoms with Gasteiger partial charge in [-0.3, -0.25) is 18.7 Å². The van der Waals surface area contributed by atoms with Crippen LogP contribution in [-0.4, -0.2) is 36.2 Å². The highest BCUT2D eigenvalue weighted by Gasteiger charge is 2.16. The number of carbonyl (C=O) groups excluding carboxylic acids is 1. The van der Waals surface area contributed by atoms with Crippen LogP contribution in [0.25, 0.3) is 22.4 Å². The Morgan fingerprint density at radius 3 is 2.94 bits per heavy atom. The monoisotopic (exact) mass is 466 g/mol. The summed E-state index contributed by atoms with van der Waals surface area (Å²) < 4.78 is 9.63. The van der Waals surface area contributed by atoms with Crippen molar-refractivity contribution in [3.63, 3.8) is 0 Å². The minimum Gasteiger partial charge on any atom is -0.493 e. The van der Waals surface area contributed by atoms with Crippen molar-refractivity contribution in [1.29, 1.82) is 0 Å². The number of amides is 1. The predicted molar refractivity (Wildman–Crippen MR) is 125 cm³/mol. The second-order valence-corrected chi connectivity index (χ2v) is 8.78. The van der Waals surface area contributed by atoms with E-state index in [0.29, 0.717) is 35.9 Å². The highest BCUT2D eigenvalue weighted by atomic mass is 32.1. The third-order valence-electron chi connectivity index (χ3n) is 5.76. The molecule has 1 amide bonds. The van der Waals surface area contributed by atoms with Gasteiger partial charge in [0, 0.05) is 44.4 Å². The molecule has 11 heteroatoms. The number of imidazole rings is 1. The highest BCUT2D eigenvalue weighted by Crippen LogP contribution is 2.32. The number of nitrogens with one attached hydrogen (secondary N) is 1. The number of anilines is 1. The van der Waals surface area contributed by atoms with Crippen LogP contribution < -0.4 is 21.3 Å². The number of hydrogen-bond donors (Lipinski definition) is 1. The normalized spacial score (nSPS) is 12.7. The summed E-state index contributed by atoms with van der Waals surface area (Å²) in [4.78, 5) is 45.7. The third-order valence-corrected chi connectivity index (χ3v) is 6.51. The van der Waals surface area contributed by atoms with Crippen LogP contribution in [0.15, 0.2) is 39.5 Å². The Kier molecular flexibility index (Phi) is 5.33. The zero-order chi connectivity index (χ0) is 23.1. The van der Waals surface area contributed by atoms with Gasteiger partial charge in [-0.25, -0.2) is 14.8 Å². The topological polar surface area (TPSA) is 113 Å². The first-order chi connectivity index (χ1) is 15.9. The van der Waals surface area contributed by atoms with Gasteiger partial charge < -0.3 is 14.6 Å². The molecule has 1 aromatic carbocycles. The summed E-state index contributed by atoms with van der Waals surface area (Å²) in [7, 11) is 3.02. The molecular formula is C22H22N6O4S. The summed E-state index contributed by atoms with van der Waals surface area (Å²) in [5.74, 6) is 0.774. The van der Waals surface area contributed by atoms with Crippen LogP contribution in [0.3, 0.4) is 0 Å². The zero-order valence-electron chi connectivity index (χ0n) is 18.2. The van der Waals surface area contributed by atoms with Gasteiger partial charge in [0.1, 0.15) is 5.75 Å². The van der Waals surface area contributed by atoms with Gasteiger partial charge in [0.15, 0.2) is 16.3 Å². The third kappa shape index (κ3) is 3.84. The lowest BCUT2D eigenvalue weighted by atomic mass is 10.1. The zero-order valence-corrected chi connectivity index (χ0v) is 19.0. The van der Waals surface area contributed by atoms with E-state index in [1.807, 2.05) is 17.5 Å². The van der Waals surface area contributed by atoms with E-state index in [9.17, 15) is 14.4 Å². The molecule has 10 nitrogen and oxygen atoms in total. The molecule has 1 aliphatic heterocycles. The number of ether oxygens (including phenoxy) is 1. The average Bonchev–Trinajstić information content (AvgIpc) is 3.55. The predicted octanol–water partition coefficient (Wildman–Crippen LogP) is 1.91. The van der Waals surface area contributed by atoms with Gasteiger partial charge in [0.05, 0.1) is 18.6 Å². The molecule has 0 radical (unpaired) electrons.